The highest BCUT2D eigenvalue weighted by atomic mass is 32.2. The van der Waals surface area contributed by atoms with Crippen molar-refractivity contribution >= 4 is 45.0 Å². The molecule has 0 spiro atoms. The fourth-order valence-electron chi connectivity index (χ4n) is 3.39. The second-order valence-corrected chi connectivity index (χ2v) is 10.3. The molecule has 0 unspecified atom stereocenters. The van der Waals surface area contributed by atoms with Crippen LogP contribution in [-0.4, -0.2) is 62.5 Å². The Morgan fingerprint density at radius 3 is 2.39 bits per heavy atom. The number of phenols is 1. The number of primary amides is 1. The third kappa shape index (κ3) is 9.37. The maximum atomic E-state index is 12.9. The van der Waals surface area contributed by atoms with Gasteiger partial charge in [0, 0.05) is 16.9 Å². The first-order valence-corrected chi connectivity index (χ1v) is 13.5. The van der Waals surface area contributed by atoms with Gasteiger partial charge in [0.25, 0.3) is 5.91 Å². The number of phenolic OH excluding ortho intramolecular Hbond substituents is 1. The predicted octanol–water partition coefficient (Wildman–Crippen LogP) is 0.153. The van der Waals surface area contributed by atoms with Crippen molar-refractivity contribution in [3.05, 3.63) is 53.1 Å². The third-order valence-corrected chi connectivity index (χ3v) is 5.94. The van der Waals surface area contributed by atoms with Crippen LogP contribution in [0.2, 0.25) is 0 Å². The molecule has 206 valence electrons. The van der Waals surface area contributed by atoms with E-state index in [1.807, 2.05) is 0 Å². The fraction of sp³-hybridized carbons (Fsp3) is 0.333. The van der Waals surface area contributed by atoms with Crippen LogP contribution in [0.25, 0.3) is 0 Å². The van der Waals surface area contributed by atoms with Gasteiger partial charge in [-0.25, -0.2) is 8.42 Å². The second kappa shape index (κ2) is 13.4. The molecule has 0 aromatic heterocycles. The lowest BCUT2D eigenvalue weighted by Gasteiger charge is -2.19. The molecule has 0 bridgehead atoms. The molecule has 1 atom stereocenters. The number of amides is 4. The summed E-state index contributed by atoms with van der Waals surface area (Å²) in [6, 6.07) is 7.04. The summed E-state index contributed by atoms with van der Waals surface area (Å²) >= 11 is 0. The Hall–Kier alpha value is -4.17. The molecule has 4 amide bonds. The number of benzene rings is 2. The second-order valence-electron chi connectivity index (χ2n) is 8.58. The van der Waals surface area contributed by atoms with Crippen molar-refractivity contribution in [2.75, 3.05) is 29.4 Å². The highest BCUT2D eigenvalue weighted by molar-refractivity contribution is 7.92. The summed E-state index contributed by atoms with van der Waals surface area (Å²) in [4.78, 5) is 49.6. The van der Waals surface area contributed by atoms with Crippen LogP contribution in [0.4, 0.5) is 11.4 Å². The molecule has 0 aliphatic rings. The number of hydrogen-bond acceptors (Lipinski definition) is 8. The number of carbonyl (C=O) groups is 4. The highest BCUT2D eigenvalue weighted by Crippen LogP contribution is 2.22. The molecule has 0 heterocycles. The largest absolute Gasteiger partial charge is 0.507 e. The Labute approximate surface area is 220 Å². The zero-order valence-electron chi connectivity index (χ0n) is 21.0. The molecule has 13 nitrogen and oxygen atoms in total. The van der Waals surface area contributed by atoms with Crippen LogP contribution >= 0.6 is 0 Å². The fourth-order valence-corrected chi connectivity index (χ4v) is 3.94. The summed E-state index contributed by atoms with van der Waals surface area (Å²) in [5, 5.41) is 17.7. The Kier molecular flexibility index (Phi) is 10.6. The number of nitrogens with two attached hydrogens (primary N) is 2. The molecule has 0 radical (unpaired) electrons. The van der Waals surface area contributed by atoms with E-state index in [1.165, 1.54) is 18.2 Å². The quantitative estimate of drug-likeness (QED) is 0.134. The zero-order valence-corrected chi connectivity index (χ0v) is 21.9. The number of carbonyl (C=O) groups excluding carboxylic acids is 4. The molecule has 0 fully saturated rings. The van der Waals surface area contributed by atoms with E-state index in [0.29, 0.717) is 30.6 Å². The van der Waals surface area contributed by atoms with Crippen LogP contribution in [0, 0.1) is 6.92 Å². The summed E-state index contributed by atoms with van der Waals surface area (Å²) < 4.78 is 25.2. The summed E-state index contributed by atoms with van der Waals surface area (Å²) in [5.41, 5.74) is 11.8. The van der Waals surface area contributed by atoms with E-state index >= 15 is 0 Å². The summed E-state index contributed by atoms with van der Waals surface area (Å²) in [6.07, 6.45) is 2.19. The van der Waals surface area contributed by atoms with Gasteiger partial charge in [-0.1, -0.05) is 6.07 Å². The number of rotatable bonds is 13. The van der Waals surface area contributed by atoms with Crippen LogP contribution in [-0.2, 0) is 19.6 Å². The van der Waals surface area contributed by atoms with E-state index < -0.39 is 52.0 Å². The Morgan fingerprint density at radius 2 is 1.76 bits per heavy atom. The molecule has 2 aromatic carbocycles. The van der Waals surface area contributed by atoms with Gasteiger partial charge in [0.1, 0.15) is 11.8 Å². The van der Waals surface area contributed by atoms with Crippen molar-refractivity contribution < 1.29 is 32.7 Å². The van der Waals surface area contributed by atoms with E-state index in [4.69, 9.17) is 11.5 Å². The number of sulfonamides is 1. The van der Waals surface area contributed by atoms with Crippen molar-refractivity contribution in [2.45, 2.75) is 32.2 Å². The first kappa shape index (κ1) is 30.1. The van der Waals surface area contributed by atoms with Crippen LogP contribution in [0.5, 0.6) is 5.75 Å². The lowest BCUT2D eigenvalue weighted by molar-refractivity contribution is -0.125. The first-order chi connectivity index (χ1) is 17.8. The molecular weight excluding hydrogens is 516 g/mol. The lowest BCUT2D eigenvalue weighted by Crippen LogP contribution is -2.48. The molecule has 0 aliphatic carbocycles. The van der Waals surface area contributed by atoms with Crippen LogP contribution in [0.3, 0.4) is 0 Å². The lowest BCUT2D eigenvalue weighted by atomic mass is 10.1. The number of aromatic hydroxyl groups is 1. The van der Waals surface area contributed by atoms with Crippen LogP contribution in [0.15, 0.2) is 36.4 Å². The van der Waals surface area contributed by atoms with Gasteiger partial charge in [-0.2, -0.15) is 0 Å². The summed E-state index contributed by atoms with van der Waals surface area (Å²) in [7, 11) is -3.63. The predicted molar refractivity (Wildman–Crippen MR) is 142 cm³/mol. The molecule has 0 aliphatic heterocycles. The topological polar surface area (TPSA) is 223 Å². The number of hydrogen-bond donors (Lipinski definition) is 7. The molecular formula is C24H32N6O7S. The number of anilines is 2. The minimum Gasteiger partial charge on any atom is -0.507 e. The Balaban J connectivity index is 2.10. The van der Waals surface area contributed by atoms with Gasteiger partial charge in [-0.05, 0) is 68.6 Å². The van der Waals surface area contributed by atoms with E-state index in [9.17, 15) is 32.7 Å². The SMILES string of the molecule is Cc1ccc(C(N)=O)cc1NC(=O)CNC(=O)[C@H](CCCCN)NC(=O)c1cc(NS(C)(=O)=O)ccc1O. The van der Waals surface area contributed by atoms with Gasteiger partial charge in [0.15, 0.2) is 0 Å². The van der Waals surface area contributed by atoms with Crippen LogP contribution in [0.1, 0.15) is 45.5 Å². The monoisotopic (exact) mass is 548 g/mol. The van der Waals surface area contributed by atoms with E-state index in [2.05, 4.69) is 20.7 Å². The third-order valence-electron chi connectivity index (χ3n) is 5.33. The number of aryl methyl sites for hydroxylation is 1. The Morgan fingerprint density at radius 1 is 1.05 bits per heavy atom. The number of unbranched alkanes of at least 4 members (excludes halogenated alkanes) is 1. The molecule has 9 N–H and O–H groups in total. The van der Waals surface area contributed by atoms with Crippen molar-refractivity contribution in [1.82, 2.24) is 10.6 Å². The zero-order chi connectivity index (χ0) is 28.5. The average Bonchev–Trinajstić information content (AvgIpc) is 2.83. The maximum Gasteiger partial charge on any atom is 0.255 e. The van der Waals surface area contributed by atoms with E-state index in [1.54, 1.807) is 13.0 Å². The van der Waals surface area contributed by atoms with Crippen molar-refractivity contribution in [1.29, 1.82) is 0 Å². The molecule has 0 saturated carbocycles. The smallest absolute Gasteiger partial charge is 0.255 e. The van der Waals surface area contributed by atoms with Crippen LogP contribution < -0.4 is 32.1 Å². The molecule has 0 saturated heterocycles. The molecule has 14 heteroatoms. The minimum atomic E-state index is -3.63. The Bertz CT molecular complexity index is 1310. The molecule has 2 aromatic rings. The number of nitrogens with one attached hydrogen (secondary N) is 4. The normalized spacial score (nSPS) is 11.8. The molecule has 38 heavy (non-hydrogen) atoms. The minimum absolute atomic E-state index is 0.0481. The maximum absolute atomic E-state index is 12.9. The standard InChI is InChI=1S/C24H32N6O7S/c1-14-6-7-15(22(26)33)11-19(14)28-21(32)13-27-24(35)18(5-3-4-10-25)29-23(34)17-12-16(8-9-20(17)31)30-38(2,36)37/h6-9,11-12,18,30-31H,3-5,10,13,25H2,1-2H3,(H2,26,33)(H,27,35)(H,28,32)(H,29,34)/t18-/m0/s1. The van der Waals surface area contributed by atoms with Gasteiger partial charge in [-0.15, -0.1) is 0 Å². The van der Waals surface area contributed by atoms with Gasteiger partial charge in [-0.3, -0.25) is 23.9 Å². The van der Waals surface area contributed by atoms with Gasteiger partial charge >= 0.3 is 0 Å². The van der Waals surface area contributed by atoms with Gasteiger partial charge in [0.05, 0.1) is 18.4 Å². The molecule has 2 rings (SSSR count). The highest BCUT2D eigenvalue weighted by Gasteiger charge is 2.23. The van der Waals surface area contributed by atoms with E-state index in [-0.39, 0.29) is 23.2 Å². The van der Waals surface area contributed by atoms with Crippen molar-refractivity contribution in [3.8, 4) is 5.75 Å². The average molecular weight is 549 g/mol. The first-order valence-electron chi connectivity index (χ1n) is 11.6. The van der Waals surface area contributed by atoms with Gasteiger partial charge < -0.3 is 32.5 Å². The summed E-state index contributed by atoms with van der Waals surface area (Å²) in [6.45, 7) is 1.66. The van der Waals surface area contributed by atoms with Crippen molar-refractivity contribution in [2.24, 2.45) is 11.5 Å². The van der Waals surface area contributed by atoms with E-state index in [0.717, 1.165) is 18.4 Å². The summed E-state index contributed by atoms with van der Waals surface area (Å²) in [5.74, 6) is -3.13. The van der Waals surface area contributed by atoms with Gasteiger partial charge in [0.2, 0.25) is 27.7 Å². The van der Waals surface area contributed by atoms with Crippen molar-refractivity contribution in [3.63, 3.8) is 0 Å².